The van der Waals surface area contributed by atoms with Crippen LogP contribution in [0.15, 0.2) is 36.4 Å². The highest BCUT2D eigenvalue weighted by Crippen LogP contribution is 2.22. The van der Waals surface area contributed by atoms with Crippen molar-refractivity contribution in [2.24, 2.45) is 0 Å². The number of aryl methyl sites for hydroxylation is 1. The van der Waals surface area contributed by atoms with Crippen molar-refractivity contribution in [3.05, 3.63) is 64.7 Å². The van der Waals surface area contributed by atoms with Gasteiger partial charge in [-0.05, 0) is 25.5 Å². The van der Waals surface area contributed by atoms with Crippen molar-refractivity contribution in [3.63, 3.8) is 0 Å². The van der Waals surface area contributed by atoms with Gasteiger partial charge in [-0.25, -0.2) is 13.6 Å². The highest BCUT2D eigenvalue weighted by molar-refractivity contribution is 5.91. The van der Waals surface area contributed by atoms with Gasteiger partial charge in [-0.3, -0.25) is 0 Å². The van der Waals surface area contributed by atoms with E-state index in [4.69, 9.17) is 4.74 Å². The molecule has 0 aliphatic rings. The fraction of sp³-hybridized carbons (Fsp3) is 0.188. The average Bonchev–Trinajstić information content (AvgIpc) is 2.39. The van der Waals surface area contributed by atoms with Crippen molar-refractivity contribution in [2.75, 3.05) is 0 Å². The summed E-state index contributed by atoms with van der Waals surface area (Å²) < 4.78 is 32.2. The van der Waals surface area contributed by atoms with E-state index < -0.39 is 17.6 Å². The van der Waals surface area contributed by atoms with E-state index >= 15 is 0 Å². The van der Waals surface area contributed by atoms with Crippen molar-refractivity contribution in [1.29, 1.82) is 0 Å². The van der Waals surface area contributed by atoms with Crippen LogP contribution in [-0.2, 0) is 6.42 Å². The third-order valence-corrected chi connectivity index (χ3v) is 2.97. The van der Waals surface area contributed by atoms with Crippen LogP contribution in [0.4, 0.5) is 8.78 Å². The normalized spacial score (nSPS) is 10.4. The quantitative estimate of drug-likeness (QED) is 0.624. The zero-order chi connectivity index (χ0) is 14.7. The first kappa shape index (κ1) is 14.2. The Labute approximate surface area is 116 Å². The van der Waals surface area contributed by atoms with Crippen LogP contribution in [0.5, 0.6) is 5.75 Å². The lowest BCUT2D eigenvalue weighted by atomic mass is 10.1. The first-order valence-corrected chi connectivity index (χ1v) is 6.28. The molecule has 2 rings (SSSR count). The lowest BCUT2D eigenvalue weighted by molar-refractivity contribution is 0.0734. The summed E-state index contributed by atoms with van der Waals surface area (Å²) in [5, 5.41) is 0. The van der Waals surface area contributed by atoms with Crippen molar-refractivity contribution in [3.8, 4) is 5.75 Å². The van der Waals surface area contributed by atoms with E-state index in [-0.39, 0.29) is 17.7 Å². The second kappa shape index (κ2) is 5.82. The van der Waals surface area contributed by atoms with Gasteiger partial charge in [0.05, 0.1) is 5.56 Å². The average molecular weight is 276 g/mol. The Morgan fingerprint density at radius 3 is 2.15 bits per heavy atom. The molecule has 0 saturated carbocycles. The second-order valence-electron chi connectivity index (χ2n) is 4.47. The van der Waals surface area contributed by atoms with Gasteiger partial charge in [0, 0.05) is 17.7 Å². The topological polar surface area (TPSA) is 26.3 Å². The van der Waals surface area contributed by atoms with Gasteiger partial charge < -0.3 is 4.74 Å². The van der Waals surface area contributed by atoms with E-state index in [0.29, 0.717) is 5.56 Å². The smallest absolute Gasteiger partial charge is 0.343 e. The number of hydrogen-bond donors (Lipinski definition) is 0. The van der Waals surface area contributed by atoms with Gasteiger partial charge in [0.25, 0.3) is 0 Å². The molecule has 0 heterocycles. The zero-order valence-corrected chi connectivity index (χ0v) is 11.2. The minimum Gasteiger partial charge on any atom is -0.423 e. The summed E-state index contributed by atoms with van der Waals surface area (Å²) >= 11 is 0. The molecular formula is C16H14F2O2. The Morgan fingerprint density at radius 2 is 1.65 bits per heavy atom. The van der Waals surface area contributed by atoms with Crippen molar-refractivity contribution >= 4 is 5.97 Å². The second-order valence-corrected chi connectivity index (χ2v) is 4.47. The molecule has 2 nitrogen and oxygen atoms in total. The highest BCUT2D eigenvalue weighted by Gasteiger charge is 2.13. The molecule has 0 atom stereocenters. The molecule has 0 unspecified atom stereocenters. The van der Waals surface area contributed by atoms with Crippen LogP contribution >= 0.6 is 0 Å². The van der Waals surface area contributed by atoms with Crippen LogP contribution in [0, 0.1) is 18.6 Å². The lowest BCUT2D eigenvalue weighted by Crippen LogP contribution is -2.09. The molecule has 0 spiro atoms. The van der Waals surface area contributed by atoms with E-state index in [0.717, 1.165) is 17.7 Å². The zero-order valence-electron chi connectivity index (χ0n) is 11.2. The molecule has 0 N–H and O–H groups in total. The van der Waals surface area contributed by atoms with Gasteiger partial charge in [-0.2, -0.15) is 0 Å². The third-order valence-electron chi connectivity index (χ3n) is 2.97. The number of carbonyl (C=O) groups is 1. The van der Waals surface area contributed by atoms with Crippen LogP contribution in [0.2, 0.25) is 0 Å². The maximum absolute atomic E-state index is 13.6. The number of ether oxygens (including phenoxy) is 1. The molecule has 104 valence electrons. The molecule has 0 radical (unpaired) electrons. The maximum atomic E-state index is 13.6. The van der Waals surface area contributed by atoms with Gasteiger partial charge in [0.15, 0.2) is 0 Å². The van der Waals surface area contributed by atoms with Gasteiger partial charge in [-0.15, -0.1) is 0 Å². The monoisotopic (exact) mass is 276 g/mol. The predicted octanol–water partition coefficient (Wildman–Crippen LogP) is 4.05. The van der Waals surface area contributed by atoms with Crippen molar-refractivity contribution < 1.29 is 18.3 Å². The number of carbonyl (C=O) groups excluding carboxylic acids is 1. The van der Waals surface area contributed by atoms with Gasteiger partial charge >= 0.3 is 5.97 Å². The molecule has 0 fully saturated rings. The fourth-order valence-electron chi connectivity index (χ4n) is 1.83. The summed E-state index contributed by atoms with van der Waals surface area (Å²) in [6, 6.07) is 8.77. The Balaban J connectivity index is 2.22. The first-order chi connectivity index (χ1) is 9.51. The number of halogens is 2. The van der Waals surface area contributed by atoms with Gasteiger partial charge in [0.2, 0.25) is 0 Å². The minimum absolute atomic E-state index is 0.0138. The maximum Gasteiger partial charge on any atom is 0.343 e. The summed E-state index contributed by atoms with van der Waals surface area (Å²) in [6.07, 6.45) is 0.240. The largest absolute Gasteiger partial charge is 0.423 e. The summed E-state index contributed by atoms with van der Waals surface area (Å²) in [5.41, 5.74) is 1.32. The molecule has 2 aromatic rings. The molecule has 20 heavy (non-hydrogen) atoms. The Morgan fingerprint density at radius 1 is 1.10 bits per heavy atom. The summed E-state index contributed by atoms with van der Waals surface area (Å²) in [6.45, 7) is 3.54. The van der Waals surface area contributed by atoms with E-state index in [1.807, 2.05) is 6.92 Å². The van der Waals surface area contributed by atoms with Crippen LogP contribution in [0.3, 0.4) is 0 Å². The van der Waals surface area contributed by atoms with Gasteiger partial charge in [-0.1, -0.05) is 24.6 Å². The molecule has 0 saturated heterocycles. The molecule has 0 aliphatic heterocycles. The van der Waals surface area contributed by atoms with Crippen LogP contribution in [-0.4, -0.2) is 5.97 Å². The number of esters is 1. The van der Waals surface area contributed by atoms with E-state index in [1.54, 1.807) is 31.2 Å². The summed E-state index contributed by atoms with van der Waals surface area (Å²) in [4.78, 5) is 11.8. The SMILES string of the molecule is CCc1c(F)cc(OC(=O)c2ccc(C)cc2)cc1F. The van der Waals surface area contributed by atoms with Crippen LogP contribution in [0.1, 0.15) is 28.4 Å². The molecule has 2 aromatic carbocycles. The molecule has 0 aliphatic carbocycles. The van der Waals surface area contributed by atoms with E-state index in [2.05, 4.69) is 0 Å². The van der Waals surface area contributed by atoms with Crippen LogP contribution in [0.25, 0.3) is 0 Å². The lowest BCUT2D eigenvalue weighted by Gasteiger charge is -2.07. The predicted molar refractivity (Wildman–Crippen MR) is 71.9 cm³/mol. The standard InChI is InChI=1S/C16H14F2O2/c1-3-13-14(17)8-12(9-15(13)18)20-16(19)11-6-4-10(2)5-7-11/h4-9H,3H2,1-2H3. The highest BCUT2D eigenvalue weighted by atomic mass is 19.1. The number of hydrogen-bond acceptors (Lipinski definition) is 2. The molecule has 4 heteroatoms. The number of rotatable bonds is 3. The summed E-state index contributed by atoms with van der Waals surface area (Å²) in [7, 11) is 0. The fourth-order valence-corrected chi connectivity index (χ4v) is 1.83. The van der Waals surface area contributed by atoms with E-state index in [9.17, 15) is 13.6 Å². The Bertz CT molecular complexity index is 610. The minimum atomic E-state index is -0.709. The summed E-state index contributed by atoms with van der Waals surface area (Å²) in [5.74, 6) is -2.20. The molecule has 0 bridgehead atoms. The first-order valence-electron chi connectivity index (χ1n) is 6.28. The van der Waals surface area contributed by atoms with Crippen molar-refractivity contribution in [2.45, 2.75) is 20.3 Å². The van der Waals surface area contributed by atoms with Crippen molar-refractivity contribution in [1.82, 2.24) is 0 Å². The Hall–Kier alpha value is -2.23. The van der Waals surface area contributed by atoms with Crippen LogP contribution < -0.4 is 4.74 Å². The number of benzene rings is 2. The molecule has 0 aromatic heterocycles. The third kappa shape index (κ3) is 3.02. The van der Waals surface area contributed by atoms with Gasteiger partial charge in [0.1, 0.15) is 17.4 Å². The Kier molecular flexibility index (Phi) is 4.13. The molecular weight excluding hydrogens is 262 g/mol. The molecule has 0 amide bonds. The van der Waals surface area contributed by atoms with E-state index in [1.165, 1.54) is 0 Å².